The van der Waals surface area contributed by atoms with Gasteiger partial charge in [0.1, 0.15) is 18.0 Å². The minimum atomic E-state index is -4.97. The summed E-state index contributed by atoms with van der Waals surface area (Å²) in [5.74, 6) is 0. The van der Waals surface area contributed by atoms with Gasteiger partial charge in [0.15, 0.2) is 0 Å². The van der Waals surface area contributed by atoms with Gasteiger partial charge in [-0.3, -0.25) is 0 Å². The molecule has 1 aromatic heterocycles. The van der Waals surface area contributed by atoms with E-state index in [9.17, 15) is 22.0 Å². The quantitative estimate of drug-likeness (QED) is 0.445. The molecule has 2 N–H and O–H groups in total. The highest BCUT2D eigenvalue weighted by molar-refractivity contribution is 6.31. The minimum absolute atomic E-state index is 0.209. The maximum Gasteiger partial charge on any atom is 0.433 e. The summed E-state index contributed by atoms with van der Waals surface area (Å²) < 4.78 is 71.2. The predicted octanol–water partition coefficient (Wildman–Crippen LogP) is 5.67. The van der Waals surface area contributed by atoms with Crippen LogP contribution < -0.4 is 10.1 Å². The summed E-state index contributed by atoms with van der Waals surface area (Å²) in [5, 5.41) is 4.53. The summed E-state index contributed by atoms with van der Waals surface area (Å²) in [6.45, 7) is 0.934. The predicted molar refractivity (Wildman–Crippen MR) is 90.5 cm³/mol. The van der Waals surface area contributed by atoms with Gasteiger partial charge in [0.25, 0.3) is 6.43 Å². The number of aryl methyl sites for hydroxylation is 1. The number of nitrogens with one attached hydrogen (secondary N) is 2. The summed E-state index contributed by atoms with van der Waals surface area (Å²) in [7, 11) is 0. The molecule has 2 rings (SSSR count). The van der Waals surface area contributed by atoms with Gasteiger partial charge in [-0.1, -0.05) is 11.6 Å². The normalized spacial score (nSPS) is 12.6. The van der Waals surface area contributed by atoms with Crippen molar-refractivity contribution in [2.45, 2.75) is 19.5 Å². The van der Waals surface area contributed by atoms with Gasteiger partial charge < -0.3 is 10.1 Å². The number of aromatic nitrogens is 2. The van der Waals surface area contributed by atoms with Crippen LogP contribution in [0.15, 0.2) is 47.1 Å². The van der Waals surface area contributed by atoms with Crippen molar-refractivity contribution in [2.75, 3.05) is 11.9 Å². The lowest BCUT2D eigenvalue weighted by Gasteiger charge is -2.17. The zero-order valence-corrected chi connectivity index (χ0v) is 14.9. The molecule has 0 radical (unpaired) electrons. The molecule has 1 aromatic carbocycles. The van der Waals surface area contributed by atoms with E-state index in [0.717, 1.165) is 18.2 Å². The molecule has 6 nitrogen and oxygen atoms in total. The molecule has 28 heavy (non-hydrogen) atoms. The zero-order chi connectivity index (χ0) is 20.9. The van der Waals surface area contributed by atoms with Crippen molar-refractivity contribution >= 4 is 17.3 Å². The lowest BCUT2D eigenvalue weighted by Crippen LogP contribution is -2.23. The number of rotatable bonds is 7. The molecule has 12 heteroatoms. The number of alkyl halides is 5. The Morgan fingerprint density at radius 1 is 1.29 bits per heavy atom. The lowest BCUT2D eigenvalue weighted by molar-refractivity contribution is -0.0915. The third kappa shape index (κ3) is 5.59. The first-order valence-electron chi connectivity index (χ1n) is 7.55. The first-order chi connectivity index (χ1) is 13.1. The number of allylic oxidation sites excluding steroid dienone is 1. The number of nitrogens with zero attached hydrogens (tertiary/aromatic N) is 3. The van der Waals surface area contributed by atoms with Crippen LogP contribution in [0.3, 0.4) is 0 Å². The smallest absolute Gasteiger partial charge is 0.433 e. The number of benzene rings is 1. The van der Waals surface area contributed by atoms with E-state index in [2.05, 4.69) is 15.1 Å². The molecule has 0 saturated carbocycles. The van der Waals surface area contributed by atoms with Gasteiger partial charge in [0.05, 0.1) is 0 Å². The topological polar surface area (TPSA) is 83.2 Å². The van der Waals surface area contributed by atoms with Crippen molar-refractivity contribution in [3.05, 3.63) is 58.1 Å². The molecule has 0 aliphatic carbocycles. The van der Waals surface area contributed by atoms with E-state index in [0.29, 0.717) is 5.56 Å². The second-order valence-electron chi connectivity index (χ2n) is 5.42. The Morgan fingerprint density at radius 3 is 2.46 bits per heavy atom. The summed E-state index contributed by atoms with van der Waals surface area (Å²) in [4.78, 5) is 7.54. The van der Waals surface area contributed by atoms with Gasteiger partial charge in [-0.25, -0.2) is 24.3 Å². The van der Waals surface area contributed by atoms with E-state index < -0.39 is 36.2 Å². The van der Waals surface area contributed by atoms with E-state index >= 15 is 0 Å². The first-order valence-corrected chi connectivity index (χ1v) is 7.93. The van der Waals surface area contributed by atoms with Crippen LogP contribution in [-0.2, 0) is 0 Å². The van der Waals surface area contributed by atoms with Crippen molar-refractivity contribution in [1.82, 2.24) is 9.97 Å². The summed E-state index contributed by atoms with van der Waals surface area (Å²) in [5.41, 5.74) is 4.54. The van der Waals surface area contributed by atoms with Crippen LogP contribution in [0.5, 0.6) is 6.01 Å². The molecule has 2 aromatic rings. The highest BCUT2D eigenvalue weighted by Gasteiger charge is 2.37. The van der Waals surface area contributed by atoms with Crippen molar-refractivity contribution in [1.29, 1.82) is 5.53 Å². The number of halogens is 6. The molecular formula is C16H13ClF5N5O. The molecule has 150 valence electrons. The molecule has 1 heterocycles. The molecule has 0 unspecified atom stereocenters. The van der Waals surface area contributed by atoms with E-state index in [1.165, 1.54) is 12.4 Å². The summed E-state index contributed by atoms with van der Waals surface area (Å²) in [6.07, 6.45) is -5.16. The Morgan fingerprint density at radius 2 is 1.93 bits per heavy atom. The molecule has 0 fully saturated rings. The number of hydrogen-bond acceptors (Lipinski definition) is 6. The van der Waals surface area contributed by atoms with Crippen LogP contribution in [0, 0.1) is 12.5 Å². The molecule has 0 amide bonds. The average molecular weight is 422 g/mol. The van der Waals surface area contributed by atoms with Gasteiger partial charge in [-0.05, 0) is 30.7 Å². The van der Waals surface area contributed by atoms with Gasteiger partial charge >= 0.3 is 12.2 Å². The maximum absolute atomic E-state index is 13.4. The first kappa shape index (κ1) is 21.5. The number of ether oxygens (including phenoxy) is 1. The molecule has 0 spiro atoms. The fourth-order valence-electron chi connectivity index (χ4n) is 1.99. The van der Waals surface area contributed by atoms with Crippen LogP contribution in [0.1, 0.15) is 17.6 Å². The molecule has 0 saturated heterocycles. The number of hydrogen-bond donors (Lipinski definition) is 2. The van der Waals surface area contributed by atoms with Crippen LogP contribution in [0.25, 0.3) is 0 Å². The molecular weight excluding hydrogens is 409 g/mol. The van der Waals surface area contributed by atoms with Gasteiger partial charge in [-0.2, -0.15) is 18.3 Å². The second kappa shape index (κ2) is 8.91. The van der Waals surface area contributed by atoms with Crippen molar-refractivity contribution in [2.24, 2.45) is 5.11 Å². The van der Waals surface area contributed by atoms with Crippen molar-refractivity contribution in [3.63, 3.8) is 0 Å². The summed E-state index contributed by atoms with van der Waals surface area (Å²) >= 11 is 5.61. The van der Waals surface area contributed by atoms with Crippen LogP contribution in [0.4, 0.5) is 27.6 Å². The zero-order valence-electron chi connectivity index (χ0n) is 14.2. The Bertz CT molecular complexity index is 871. The van der Waals surface area contributed by atoms with Crippen molar-refractivity contribution < 1.29 is 26.7 Å². The van der Waals surface area contributed by atoms with E-state index in [1.807, 2.05) is 5.32 Å². The van der Waals surface area contributed by atoms with E-state index in [-0.39, 0.29) is 16.7 Å². The van der Waals surface area contributed by atoms with Crippen LogP contribution in [-0.4, -0.2) is 22.8 Å². The van der Waals surface area contributed by atoms with Gasteiger partial charge in [0.2, 0.25) is 0 Å². The second-order valence-corrected chi connectivity index (χ2v) is 5.83. The van der Waals surface area contributed by atoms with E-state index in [4.69, 9.17) is 21.9 Å². The van der Waals surface area contributed by atoms with E-state index in [1.54, 1.807) is 6.92 Å². The SMILES string of the molecule is Cc1cnc(OC/C(N=N)=C(/Nc2ccc(Cl)c(C(F)F)c2)C(F)(F)F)nc1. The Kier molecular flexibility index (Phi) is 6.84. The third-order valence-electron chi connectivity index (χ3n) is 3.30. The molecule has 0 aliphatic heterocycles. The molecule has 0 atom stereocenters. The van der Waals surface area contributed by atoms with Crippen molar-refractivity contribution in [3.8, 4) is 6.01 Å². The minimum Gasteiger partial charge on any atom is -0.457 e. The third-order valence-corrected chi connectivity index (χ3v) is 3.65. The Hall–Kier alpha value is -2.82. The Labute approximate surface area is 160 Å². The van der Waals surface area contributed by atoms with Gasteiger partial charge in [-0.15, -0.1) is 0 Å². The average Bonchev–Trinajstić information content (AvgIpc) is 2.62. The standard InChI is InChI=1S/C16H13ClF5N5O/c1-8-5-24-15(25-6-8)28-7-12(27-23)13(16(20,21)22)26-9-2-3-11(17)10(4-9)14(18)19/h2-6,14,23,26H,7H2,1H3/b13-12-,27-23?. The van der Waals surface area contributed by atoms with Crippen LogP contribution in [0.2, 0.25) is 5.02 Å². The Balaban J connectivity index is 2.33. The molecule has 0 bridgehead atoms. The van der Waals surface area contributed by atoms with Gasteiger partial charge in [0, 0.05) is 28.7 Å². The summed E-state index contributed by atoms with van der Waals surface area (Å²) in [6, 6.07) is 2.70. The highest BCUT2D eigenvalue weighted by atomic mass is 35.5. The van der Waals surface area contributed by atoms with Crippen LogP contribution >= 0.6 is 11.6 Å². The highest BCUT2D eigenvalue weighted by Crippen LogP contribution is 2.33. The largest absolute Gasteiger partial charge is 0.457 e. The maximum atomic E-state index is 13.4. The monoisotopic (exact) mass is 421 g/mol. The molecule has 0 aliphatic rings. The fourth-order valence-corrected chi connectivity index (χ4v) is 2.19. The number of anilines is 1. The fraction of sp³-hybridized carbons (Fsp3) is 0.250. The lowest BCUT2D eigenvalue weighted by atomic mass is 10.2.